The molecule has 134 valence electrons. The van der Waals surface area contributed by atoms with E-state index in [9.17, 15) is 9.59 Å². The van der Waals surface area contributed by atoms with Gasteiger partial charge in [-0.15, -0.1) is 0 Å². The Morgan fingerprint density at radius 2 is 2.12 bits per heavy atom. The zero-order valence-corrected chi connectivity index (χ0v) is 14.8. The molecular weight excluding hydrogens is 310 g/mol. The Hall–Kier alpha value is -2.05. The van der Waals surface area contributed by atoms with Crippen LogP contribution in [-0.4, -0.2) is 28.8 Å². The number of carbonyl (C=O) groups excluding carboxylic acids is 2. The van der Waals surface area contributed by atoms with Crippen LogP contribution in [0.25, 0.3) is 0 Å². The second kappa shape index (κ2) is 7.68. The minimum Gasteiger partial charge on any atom is -0.444 e. The lowest BCUT2D eigenvalue weighted by molar-refractivity contribution is -0.118. The van der Waals surface area contributed by atoms with Crippen molar-refractivity contribution >= 4 is 17.8 Å². The van der Waals surface area contributed by atoms with Crippen LogP contribution in [0, 0.1) is 5.92 Å². The van der Waals surface area contributed by atoms with Gasteiger partial charge in [0.25, 0.3) is 0 Å². The van der Waals surface area contributed by atoms with Crippen LogP contribution in [0.2, 0.25) is 0 Å². The second-order valence-corrected chi connectivity index (χ2v) is 7.30. The van der Waals surface area contributed by atoms with Crippen LogP contribution in [0.1, 0.15) is 59.1 Å². The first-order valence-electron chi connectivity index (χ1n) is 8.53. The summed E-state index contributed by atoms with van der Waals surface area (Å²) >= 11 is 0. The van der Waals surface area contributed by atoms with Gasteiger partial charge in [-0.05, 0) is 46.0 Å². The average Bonchev–Trinajstić information content (AvgIpc) is 3.15. The first-order valence-corrected chi connectivity index (χ1v) is 8.53. The lowest BCUT2D eigenvalue weighted by Gasteiger charge is -2.22. The molecule has 1 saturated carbocycles. The van der Waals surface area contributed by atoms with Gasteiger partial charge in [0.15, 0.2) is 5.82 Å². The molecule has 2 amide bonds. The Labute approximate surface area is 142 Å². The summed E-state index contributed by atoms with van der Waals surface area (Å²) < 4.78 is 10.4. The van der Waals surface area contributed by atoms with E-state index in [2.05, 4.69) is 15.8 Å². The molecule has 0 saturated heterocycles. The Kier molecular flexibility index (Phi) is 5.85. The molecule has 7 nitrogen and oxygen atoms in total. The van der Waals surface area contributed by atoms with Crippen LogP contribution in [0.5, 0.6) is 0 Å². The highest BCUT2D eigenvalue weighted by Crippen LogP contribution is 2.33. The molecule has 1 aliphatic carbocycles. The number of alkyl carbamates (subject to hydrolysis) is 1. The van der Waals surface area contributed by atoms with Crippen LogP contribution in [-0.2, 0) is 16.0 Å². The maximum atomic E-state index is 12.4. The fourth-order valence-corrected chi connectivity index (χ4v) is 2.30. The van der Waals surface area contributed by atoms with Crippen LogP contribution in [0.3, 0.4) is 0 Å². The average molecular weight is 337 g/mol. The molecule has 1 aromatic rings. The molecule has 7 heteroatoms. The number of rotatable bonds is 7. The highest BCUT2D eigenvalue weighted by molar-refractivity contribution is 5.95. The van der Waals surface area contributed by atoms with E-state index in [1.807, 2.05) is 6.92 Å². The third-order valence-electron chi connectivity index (χ3n) is 3.58. The van der Waals surface area contributed by atoms with Crippen LogP contribution < -0.4 is 10.6 Å². The number of amides is 2. The molecule has 0 aromatic carbocycles. The third kappa shape index (κ3) is 6.22. The minimum absolute atomic E-state index is 0.325. The molecule has 1 aromatic heterocycles. The number of hydrogen-bond donors (Lipinski definition) is 2. The normalized spacial score (nSPS) is 15.7. The zero-order chi connectivity index (χ0) is 17.7. The monoisotopic (exact) mass is 337 g/mol. The zero-order valence-electron chi connectivity index (χ0n) is 14.8. The van der Waals surface area contributed by atoms with Gasteiger partial charge in [0.05, 0.1) is 0 Å². The fraction of sp³-hybridized carbons (Fsp3) is 0.706. The molecular formula is C17H27N3O4. The number of anilines is 1. The molecule has 1 heterocycles. The van der Waals surface area contributed by atoms with Crippen molar-refractivity contribution in [1.29, 1.82) is 0 Å². The maximum absolute atomic E-state index is 12.4. The van der Waals surface area contributed by atoms with Gasteiger partial charge in [-0.2, -0.15) is 0 Å². The number of nitrogens with zero attached hydrogens (tertiary/aromatic N) is 1. The highest BCUT2D eigenvalue weighted by Gasteiger charge is 2.26. The topological polar surface area (TPSA) is 93.5 Å². The molecule has 1 aliphatic rings. The molecule has 0 aliphatic heterocycles. The van der Waals surface area contributed by atoms with Gasteiger partial charge in [-0.25, -0.2) is 4.79 Å². The summed E-state index contributed by atoms with van der Waals surface area (Å²) in [6.07, 6.45) is 3.96. The summed E-state index contributed by atoms with van der Waals surface area (Å²) in [6.45, 7) is 7.27. The van der Waals surface area contributed by atoms with Gasteiger partial charge in [-0.3, -0.25) is 4.79 Å². The number of ether oxygens (including phenoxy) is 1. The number of hydrogen-bond acceptors (Lipinski definition) is 5. The fourth-order valence-electron chi connectivity index (χ4n) is 2.30. The van der Waals surface area contributed by atoms with Crippen molar-refractivity contribution in [2.75, 3.05) is 5.32 Å². The van der Waals surface area contributed by atoms with E-state index < -0.39 is 17.7 Å². The van der Waals surface area contributed by atoms with E-state index in [0.29, 0.717) is 18.2 Å². The van der Waals surface area contributed by atoms with Gasteiger partial charge < -0.3 is 19.9 Å². The smallest absolute Gasteiger partial charge is 0.408 e. The molecule has 1 atom stereocenters. The molecule has 24 heavy (non-hydrogen) atoms. The lowest BCUT2D eigenvalue weighted by atomic mass is 10.1. The summed E-state index contributed by atoms with van der Waals surface area (Å²) in [5, 5.41) is 9.17. The first-order chi connectivity index (χ1) is 11.3. The van der Waals surface area contributed by atoms with Gasteiger partial charge in [0, 0.05) is 12.5 Å². The molecule has 2 rings (SSSR count). The number of aromatic nitrogens is 1. The van der Waals surface area contributed by atoms with Crippen molar-refractivity contribution in [1.82, 2.24) is 10.5 Å². The summed E-state index contributed by atoms with van der Waals surface area (Å²) in [6, 6.07) is 1.07. The second-order valence-electron chi connectivity index (χ2n) is 7.30. The first kappa shape index (κ1) is 18.3. The van der Waals surface area contributed by atoms with Crippen molar-refractivity contribution in [3.8, 4) is 0 Å². The Morgan fingerprint density at radius 1 is 1.42 bits per heavy atom. The quantitative estimate of drug-likeness (QED) is 0.796. The minimum atomic E-state index is -0.673. The molecule has 0 radical (unpaired) electrons. The maximum Gasteiger partial charge on any atom is 0.408 e. The van der Waals surface area contributed by atoms with Crippen LogP contribution >= 0.6 is 0 Å². The predicted molar refractivity (Wildman–Crippen MR) is 89.6 cm³/mol. The third-order valence-corrected chi connectivity index (χ3v) is 3.58. The van der Waals surface area contributed by atoms with Crippen molar-refractivity contribution in [2.24, 2.45) is 5.92 Å². The predicted octanol–water partition coefficient (Wildman–Crippen LogP) is 3.26. The van der Waals surface area contributed by atoms with Crippen LogP contribution in [0.4, 0.5) is 10.6 Å². The summed E-state index contributed by atoms with van der Waals surface area (Å²) in [5.74, 6) is 1.51. The van der Waals surface area contributed by atoms with Gasteiger partial charge in [0.2, 0.25) is 5.91 Å². The van der Waals surface area contributed by atoms with E-state index in [0.717, 1.165) is 18.6 Å². The largest absolute Gasteiger partial charge is 0.444 e. The molecule has 2 N–H and O–H groups in total. The summed E-state index contributed by atoms with van der Waals surface area (Å²) in [5.41, 5.74) is -0.610. The van der Waals surface area contributed by atoms with Crippen molar-refractivity contribution in [3.05, 3.63) is 11.8 Å². The van der Waals surface area contributed by atoms with Crippen molar-refractivity contribution in [2.45, 2.75) is 71.4 Å². The molecule has 1 fully saturated rings. The summed E-state index contributed by atoms with van der Waals surface area (Å²) in [4.78, 5) is 24.3. The van der Waals surface area contributed by atoms with E-state index >= 15 is 0 Å². The van der Waals surface area contributed by atoms with Gasteiger partial charge in [-0.1, -0.05) is 18.5 Å². The van der Waals surface area contributed by atoms with Crippen LogP contribution in [0.15, 0.2) is 10.6 Å². The van der Waals surface area contributed by atoms with Crippen molar-refractivity contribution in [3.63, 3.8) is 0 Å². The van der Waals surface area contributed by atoms with Crippen molar-refractivity contribution < 1.29 is 18.8 Å². The highest BCUT2D eigenvalue weighted by atomic mass is 16.6. The Bertz CT molecular complexity index is 573. The SMILES string of the molecule is CCC[C@H](NC(=O)OC(C)(C)C)C(=O)Nc1cc(CC2CC2)on1. The molecule has 0 spiro atoms. The lowest BCUT2D eigenvalue weighted by Crippen LogP contribution is -2.45. The number of carbonyl (C=O) groups is 2. The molecule has 0 bridgehead atoms. The standard InChI is InChI=1S/C17H27N3O4/c1-5-6-13(18-16(22)23-17(2,3)4)15(21)19-14-10-12(24-20-14)9-11-7-8-11/h10-11,13H,5-9H2,1-4H3,(H,18,22)(H,19,20,21)/t13-/m0/s1. The van der Waals surface area contributed by atoms with E-state index in [-0.39, 0.29) is 5.91 Å². The van der Waals surface area contributed by atoms with E-state index in [1.165, 1.54) is 12.8 Å². The Morgan fingerprint density at radius 3 is 2.71 bits per heavy atom. The summed E-state index contributed by atoms with van der Waals surface area (Å²) in [7, 11) is 0. The van der Waals surface area contributed by atoms with Gasteiger partial charge in [0.1, 0.15) is 17.4 Å². The molecule has 0 unspecified atom stereocenters. The number of nitrogens with one attached hydrogen (secondary N) is 2. The Balaban J connectivity index is 1.89. The van der Waals surface area contributed by atoms with Gasteiger partial charge >= 0.3 is 6.09 Å². The van der Waals surface area contributed by atoms with E-state index in [4.69, 9.17) is 9.26 Å². The van der Waals surface area contributed by atoms with E-state index in [1.54, 1.807) is 26.8 Å².